The van der Waals surface area contributed by atoms with Crippen molar-refractivity contribution in [2.24, 2.45) is 11.8 Å². The lowest BCUT2D eigenvalue weighted by Gasteiger charge is -2.19. The van der Waals surface area contributed by atoms with Crippen LogP contribution >= 0.6 is 0 Å². The van der Waals surface area contributed by atoms with Crippen LogP contribution in [0.3, 0.4) is 0 Å². The number of carbonyl (C=O) groups excluding carboxylic acids is 1. The summed E-state index contributed by atoms with van der Waals surface area (Å²) in [4.78, 5) is 16.8. The highest BCUT2D eigenvalue weighted by Gasteiger charge is 2.40. The second-order valence-corrected chi connectivity index (χ2v) is 6.76. The Hall–Kier alpha value is -2.88. The van der Waals surface area contributed by atoms with E-state index in [0.717, 1.165) is 5.69 Å². The highest BCUT2D eigenvalue weighted by atomic mass is 16.1. The molecule has 1 aromatic heterocycles. The Labute approximate surface area is 147 Å². The molecule has 1 heterocycles. The molecule has 0 radical (unpaired) electrons. The van der Waals surface area contributed by atoms with E-state index >= 15 is 0 Å². The van der Waals surface area contributed by atoms with E-state index in [1.807, 2.05) is 53.2 Å². The van der Waals surface area contributed by atoms with E-state index in [-0.39, 0.29) is 11.9 Å². The van der Waals surface area contributed by atoms with Gasteiger partial charge in [-0.3, -0.25) is 4.79 Å². The van der Waals surface area contributed by atoms with Crippen molar-refractivity contribution in [2.75, 3.05) is 0 Å². The van der Waals surface area contributed by atoms with E-state index in [0.29, 0.717) is 17.4 Å². The third kappa shape index (κ3) is 3.33. The van der Waals surface area contributed by atoms with E-state index in [1.165, 1.54) is 12.0 Å². The van der Waals surface area contributed by atoms with Gasteiger partial charge in [-0.1, -0.05) is 37.3 Å². The summed E-state index contributed by atoms with van der Waals surface area (Å²) in [6.45, 7) is 2.24. The van der Waals surface area contributed by atoms with Crippen LogP contribution in [0.25, 0.3) is 5.69 Å². The van der Waals surface area contributed by atoms with Crippen molar-refractivity contribution in [2.45, 2.75) is 19.4 Å². The molecule has 1 aliphatic rings. The smallest absolute Gasteiger partial charge is 0.251 e. The van der Waals surface area contributed by atoms with Gasteiger partial charge in [-0.25, -0.2) is 4.98 Å². The van der Waals surface area contributed by atoms with Gasteiger partial charge in [0.1, 0.15) is 0 Å². The van der Waals surface area contributed by atoms with Crippen molar-refractivity contribution >= 4 is 5.91 Å². The van der Waals surface area contributed by atoms with Gasteiger partial charge in [0.2, 0.25) is 0 Å². The van der Waals surface area contributed by atoms with Gasteiger partial charge >= 0.3 is 0 Å². The molecule has 0 aliphatic heterocycles. The SMILES string of the molecule is CC1CC1C(NC(=O)c1ccc(-n2ccnc2)cc1)c1ccccc1. The Bertz CT molecular complexity index is 841. The van der Waals surface area contributed by atoms with Crippen LogP contribution in [0.5, 0.6) is 0 Å². The number of rotatable bonds is 5. The first-order valence-electron chi connectivity index (χ1n) is 8.66. The van der Waals surface area contributed by atoms with Gasteiger partial charge < -0.3 is 9.88 Å². The average molecular weight is 331 g/mol. The van der Waals surface area contributed by atoms with Crippen LogP contribution in [0.4, 0.5) is 0 Å². The monoisotopic (exact) mass is 331 g/mol. The number of nitrogens with zero attached hydrogens (tertiary/aromatic N) is 2. The molecular weight excluding hydrogens is 310 g/mol. The van der Waals surface area contributed by atoms with Crippen LogP contribution in [-0.4, -0.2) is 15.5 Å². The van der Waals surface area contributed by atoms with Crippen LogP contribution in [0.2, 0.25) is 0 Å². The minimum absolute atomic E-state index is 0.0230. The van der Waals surface area contributed by atoms with Crippen molar-refractivity contribution in [1.29, 1.82) is 0 Å². The standard InChI is InChI=1S/C21H21N3O/c1-15-13-19(15)20(16-5-3-2-4-6-16)23-21(25)17-7-9-18(10-8-17)24-12-11-22-14-24/h2-12,14-15,19-20H,13H2,1H3,(H,23,25). The summed E-state index contributed by atoms with van der Waals surface area (Å²) in [5.41, 5.74) is 2.85. The summed E-state index contributed by atoms with van der Waals surface area (Å²) >= 11 is 0. The summed E-state index contributed by atoms with van der Waals surface area (Å²) in [7, 11) is 0. The molecule has 25 heavy (non-hydrogen) atoms. The topological polar surface area (TPSA) is 46.9 Å². The summed E-state index contributed by atoms with van der Waals surface area (Å²) < 4.78 is 1.92. The van der Waals surface area contributed by atoms with Crippen molar-refractivity contribution in [3.05, 3.63) is 84.4 Å². The fourth-order valence-corrected chi connectivity index (χ4v) is 3.33. The lowest BCUT2D eigenvalue weighted by atomic mass is 10.0. The molecule has 1 N–H and O–H groups in total. The summed E-state index contributed by atoms with van der Waals surface area (Å²) in [5.74, 6) is 1.16. The Morgan fingerprint density at radius 3 is 2.48 bits per heavy atom. The molecule has 126 valence electrons. The number of hydrogen-bond acceptors (Lipinski definition) is 2. The van der Waals surface area contributed by atoms with Gasteiger partial charge in [0.05, 0.1) is 12.4 Å². The molecule has 1 saturated carbocycles. The average Bonchev–Trinajstić information content (AvgIpc) is 3.13. The molecule has 0 spiro atoms. The second-order valence-electron chi connectivity index (χ2n) is 6.76. The highest BCUT2D eigenvalue weighted by molar-refractivity contribution is 5.94. The van der Waals surface area contributed by atoms with Crippen molar-refractivity contribution < 1.29 is 4.79 Å². The van der Waals surface area contributed by atoms with Crippen molar-refractivity contribution in [3.63, 3.8) is 0 Å². The zero-order valence-corrected chi connectivity index (χ0v) is 14.2. The van der Waals surface area contributed by atoms with E-state index in [9.17, 15) is 4.79 Å². The van der Waals surface area contributed by atoms with Gasteiger partial charge in [-0.05, 0) is 48.1 Å². The lowest BCUT2D eigenvalue weighted by molar-refractivity contribution is 0.0930. The first kappa shape index (κ1) is 15.6. The van der Waals surface area contributed by atoms with Crippen LogP contribution in [0.15, 0.2) is 73.3 Å². The lowest BCUT2D eigenvalue weighted by Crippen LogP contribution is -2.30. The first-order valence-corrected chi connectivity index (χ1v) is 8.66. The molecule has 4 heteroatoms. The fraction of sp³-hybridized carbons (Fsp3) is 0.238. The number of hydrogen-bond donors (Lipinski definition) is 1. The van der Waals surface area contributed by atoms with Crippen LogP contribution < -0.4 is 5.32 Å². The number of carbonyl (C=O) groups is 1. The molecule has 4 rings (SSSR count). The number of benzene rings is 2. The van der Waals surface area contributed by atoms with Crippen molar-refractivity contribution in [3.8, 4) is 5.69 Å². The number of imidazole rings is 1. The Morgan fingerprint density at radius 2 is 1.88 bits per heavy atom. The van der Waals surface area contributed by atoms with Crippen LogP contribution in [0.1, 0.15) is 35.3 Å². The largest absolute Gasteiger partial charge is 0.345 e. The first-order chi connectivity index (χ1) is 12.2. The molecule has 0 saturated heterocycles. The maximum absolute atomic E-state index is 12.7. The molecular formula is C21H21N3O. The quantitative estimate of drug-likeness (QED) is 0.768. The molecule has 3 atom stereocenters. The van der Waals surface area contributed by atoms with Crippen LogP contribution in [-0.2, 0) is 0 Å². The van der Waals surface area contributed by atoms with Gasteiger partial charge in [0, 0.05) is 23.6 Å². The second kappa shape index (κ2) is 6.55. The van der Waals surface area contributed by atoms with Crippen molar-refractivity contribution in [1.82, 2.24) is 14.9 Å². The summed E-state index contributed by atoms with van der Waals surface area (Å²) in [5, 5.41) is 3.24. The zero-order valence-electron chi connectivity index (χ0n) is 14.2. The van der Waals surface area contributed by atoms with E-state index in [1.54, 1.807) is 12.5 Å². The minimum Gasteiger partial charge on any atom is -0.345 e. The van der Waals surface area contributed by atoms with E-state index in [4.69, 9.17) is 0 Å². The molecule has 4 nitrogen and oxygen atoms in total. The van der Waals surface area contributed by atoms with E-state index in [2.05, 4.69) is 29.4 Å². The molecule has 1 aliphatic carbocycles. The number of aromatic nitrogens is 2. The normalized spacial score (nSPS) is 20.0. The third-order valence-electron chi connectivity index (χ3n) is 4.98. The Morgan fingerprint density at radius 1 is 1.16 bits per heavy atom. The van der Waals surface area contributed by atoms with Gasteiger partial charge in [-0.15, -0.1) is 0 Å². The third-order valence-corrected chi connectivity index (χ3v) is 4.98. The predicted molar refractivity (Wildman–Crippen MR) is 97.5 cm³/mol. The maximum Gasteiger partial charge on any atom is 0.251 e. The van der Waals surface area contributed by atoms with Gasteiger partial charge in [0.25, 0.3) is 5.91 Å². The van der Waals surface area contributed by atoms with Crippen LogP contribution in [0, 0.1) is 11.8 Å². The Balaban J connectivity index is 1.52. The predicted octanol–water partition coefficient (Wildman–Crippen LogP) is 4.00. The molecule has 0 bridgehead atoms. The van der Waals surface area contributed by atoms with E-state index < -0.39 is 0 Å². The maximum atomic E-state index is 12.7. The molecule has 3 unspecified atom stereocenters. The highest BCUT2D eigenvalue weighted by Crippen LogP contribution is 2.47. The molecule has 1 amide bonds. The summed E-state index contributed by atoms with van der Waals surface area (Å²) in [6.07, 6.45) is 6.53. The van der Waals surface area contributed by atoms with Gasteiger partial charge in [0.15, 0.2) is 0 Å². The Kier molecular flexibility index (Phi) is 4.10. The molecule has 2 aromatic carbocycles. The minimum atomic E-state index is -0.0230. The number of nitrogens with one attached hydrogen (secondary N) is 1. The molecule has 3 aromatic rings. The zero-order chi connectivity index (χ0) is 17.2. The van der Waals surface area contributed by atoms with Gasteiger partial charge in [-0.2, -0.15) is 0 Å². The molecule has 1 fully saturated rings. The summed E-state index contributed by atoms with van der Waals surface area (Å²) in [6, 6.07) is 17.9. The fourth-order valence-electron chi connectivity index (χ4n) is 3.33. The number of amides is 1.